The van der Waals surface area contributed by atoms with Crippen LogP contribution >= 0.6 is 0 Å². The molecule has 1 N–H and O–H groups in total. The Hall–Kier alpha value is -1.51. The highest BCUT2D eigenvalue weighted by atomic mass is 32.2. The van der Waals surface area contributed by atoms with Gasteiger partial charge in [-0.1, -0.05) is 12.1 Å². The predicted octanol–water partition coefficient (Wildman–Crippen LogP) is 1.05. The summed E-state index contributed by atoms with van der Waals surface area (Å²) in [4.78, 5) is 9.72. The number of nitro benzene ring substituents is 1. The molecule has 19 heavy (non-hydrogen) atoms. The third kappa shape index (κ3) is 3.28. The van der Waals surface area contributed by atoms with Crippen LogP contribution in [0.4, 0.5) is 5.69 Å². The van der Waals surface area contributed by atoms with Gasteiger partial charge in [0.25, 0.3) is 5.69 Å². The fourth-order valence-corrected chi connectivity index (χ4v) is 3.24. The maximum absolute atomic E-state index is 12.1. The summed E-state index contributed by atoms with van der Waals surface area (Å²) in [6, 6.07) is 5.20. The van der Waals surface area contributed by atoms with Gasteiger partial charge in [0.05, 0.1) is 11.0 Å². The molecule has 104 valence electrons. The number of nitrogens with zero attached hydrogens (tertiary/aromatic N) is 1. The molecule has 1 aromatic carbocycles. The van der Waals surface area contributed by atoms with Gasteiger partial charge in [0.1, 0.15) is 0 Å². The highest BCUT2D eigenvalue weighted by Gasteiger charge is 2.29. The monoisotopic (exact) mass is 286 g/mol. The maximum atomic E-state index is 12.1. The minimum atomic E-state index is -4.11. The van der Waals surface area contributed by atoms with Crippen LogP contribution in [0.1, 0.15) is 12.8 Å². The molecule has 2 rings (SSSR count). The topological polar surface area (TPSA) is 98.5 Å². The van der Waals surface area contributed by atoms with Crippen LogP contribution in [0.3, 0.4) is 0 Å². The molecule has 1 fully saturated rings. The Morgan fingerprint density at radius 3 is 2.53 bits per heavy atom. The third-order valence-electron chi connectivity index (χ3n) is 2.88. The first kappa shape index (κ1) is 13.9. The van der Waals surface area contributed by atoms with Gasteiger partial charge in [-0.2, -0.15) is 8.42 Å². The van der Waals surface area contributed by atoms with Gasteiger partial charge in [-0.15, -0.1) is 0 Å². The molecule has 7 nitrogen and oxygen atoms in total. The van der Waals surface area contributed by atoms with Crippen LogP contribution in [0, 0.1) is 10.1 Å². The Morgan fingerprint density at radius 1 is 1.26 bits per heavy atom. The number of nitrogens with one attached hydrogen (secondary N) is 1. The van der Waals surface area contributed by atoms with Gasteiger partial charge in [0.15, 0.2) is 4.90 Å². The molecule has 1 aliphatic rings. The average Bonchev–Trinajstić information content (AvgIpc) is 2.39. The molecule has 0 aromatic heterocycles. The van der Waals surface area contributed by atoms with Crippen LogP contribution < -0.4 is 5.32 Å². The summed E-state index contributed by atoms with van der Waals surface area (Å²) in [5.74, 6) is 0. The molecule has 1 aromatic rings. The number of benzene rings is 1. The lowest BCUT2D eigenvalue weighted by molar-refractivity contribution is -0.387. The fourth-order valence-electron chi connectivity index (χ4n) is 1.94. The summed E-state index contributed by atoms with van der Waals surface area (Å²) in [7, 11) is -4.11. The zero-order valence-electron chi connectivity index (χ0n) is 10.1. The van der Waals surface area contributed by atoms with E-state index < -0.39 is 31.7 Å². The van der Waals surface area contributed by atoms with Crippen molar-refractivity contribution in [2.45, 2.75) is 23.8 Å². The summed E-state index contributed by atoms with van der Waals surface area (Å²) in [6.07, 6.45) is 0.714. The number of nitro groups is 1. The summed E-state index contributed by atoms with van der Waals surface area (Å²) in [6.45, 7) is 1.36. The SMILES string of the molecule is O=[N+]([O-])c1ccccc1S(=O)(=O)OC1CCNCC1. The van der Waals surface area contributed by atoms with Crippen molar-refractivity contribution in [3.63, 3.8) is 0 Å². The molecule has 0 radical (unpaired) electrons. The van der Waals surface area contributed by atoms with Gasteiger partial charge in [-0.3, -0.25) is 14.3 Å². The average molecular weight is 286 g/mol. The quantitative estimate of drug-likeness (QED) is 0.504. The summed E-state index contributed by atoms with van der Waals surface area (Å²) in [5, 5.41) is 13.9. The van der Waals surface area contributed by atoms with E-state index in [9.17, 15) is 18.5 Å². The second-order valence-corrected chi connectivity index (χ2v) is 5.77. The maximum Gasteiger partial charge on any atom is 0.304 e. The molecule has 0 amide bonds. The number of hydrogen-bond acceptors (Lipinski definition) is 6. The van der Waals surface area contributed by atoms with E-state index in [-0.39, 0.29) is 0 Å². The number of hydrogen-bond donors (Lipinski definition) is 1. The Kier molecular flexibility index (Phi) is 4.13. The van der Waals surface area contributed by atoms with E-state index in [1.807, 2.05) is 0 Å². The smallest absolute Gasteiger partial charge is 0.304 e. The molecule has 0 atom stereocenters. The number of piperidine rings is 1. The molecule has 0 unspecified atom stereocenters. The van der Waals surface area contributed by atoms with Crippen LogP contribution in [0.15, 0.2) is 29.2 Å². The Bertz CT molecular complexity index is 566. The van der Waals surface area contributed by atoms with E-state index in [0.717, 1.165) is 6.07 Å². The van der Waals surface area contributed by atoms with E-state index in [1.54, 1.807) is 0 Å². The summed E-state index contributed by atoms with van der Waals surface area (Å²) >= 11 is 0. The molecule has 1 heterocycles. The number of para-hydroxylation sites is 1. The van der Waals surface area contributed by atoms with Crippen LogP contribution in [-0.2, 0) is 14.3 Å². The first-order valence-electron chi connectivity index (χ1n) is 5.88. The molecule has 1 aliphatic heterocycles. The van der Waals surface area contributed by atoms with Gasteiger partial charge < -0.3 is 5.32 Å². The lowest BCUT2D eigenvalue weighted by Gasteiger charge is -2.22. The third-order valence-corrected chi connectivity index (χ3v) is 4.29. The minimum absolute atomic E-state index is 0.390. The summed E-state index contributed by atoms with van der Waals surface area (Å²) in [5.41, 5.74) is -0.462. The van der Waals surface area contributed by atoms with E-state index >= 15 is 0 Å². The van der Waals surface area contributed by atoms with Crippen LogP contribution in [0.25, 0.3) is 0 Å². The molecule has 1 saturated heterocycles. The second-order valence-electron chi connectivity index (χ2n) is 4.22. The highest BCUT2D eigenvalue weighted by Crippen LogP contribution is 2.26. The first-order valence-corrected chi connectivity index (χ1v) is 7.29. The van der Waals surface area contributed by atoms with Crippen LogP contribution in [-0.4, -0.2) is 32.5 Å². The number of rotatable bonds is 4. The summed E-state index contributed by atoms with van der Waals surface area (Å²) < 4.78 is 29.2. The van der Waals surface area contributed by atoms with Crippen LogP contribution in [0.5, 0.6) is 0 Å². The van der Waals surface area contributed by atoms with E-state index in [1.165, 1.54) is 18.2 Å². The molecule has 8 heteroatoms. The normalized spacial score (nSPS) is 17.3. The van der Waals surface area contributed by atoms with Gasteiger partial charge >= 0.3 is 10.1 Å². The minimum Gasteiger partial charge on any atom is -0.317 e. The molecule has 0 spiro atoms. The van der Waals surface area contributed by atoms with Crippen molar-refractivity contribution >= 4 is 15.8 Å². The Morgan fingerprint density at radius 2 is 1.89 bits per heavy atom. The molecular weight excluding hydrogens is 272 g/mol. The van der Waals surface area contributed by atoms with Crippen molar-refractivity contribution < 1.29 is 17.5 Å². The lowest BCUT2D eigenvalue weighted by atomic mass is 10.1. The Labute approximate surface area is 110 Å². The van der Waals surface area contributed by atoms with Gasteiger partial charge in [-0.25, -0.2) is 0 Å². The highest BCUT2D eigenvalue weighted by molar-refractivity contribution is 7.87. The van der Waals surface area contributed by atoms with Gasteiger partial charge in [-0.05, 0) is 32.0 Å². The van der Waals surface area contributed by atoms with Crippen molar-refractivity contribution in [3.05, 3.63) is 34.4 Å². The van der Waals surface area contributed by atoms with Gasteiger partial charge in [0.2, 0.25) is 0 Å². The fraction of sp³-hybridized carbons (Fsp3) is 0.455. The zero-order valence-corrected chi connectivity index (χ0v) is 10.9. The molecule has 0 saturated carbocycles. The molecule has 0 bridgehead atoms. The first-order chi connectivity index (χ1) is 9.00. The Balaban J connectivity index is 2.26. The van der Waals surface area contributed by atoms with Crippen molar-refractivity contribution in [2.75, 3.05) is 13.1 Å². The van der Waals surface area contributed by atoms with Crippen molar-refractivity contribution in [1.82, 2.24) is 5.32 Å². The van der Waals surface area contributed by atoms with Crippen molar-refractivity contribution in [3.8, 4) is 0 Å². The van der Waals surface area contributed by atoms with Crippen molar-refractivity contribution in [1.29, 1.82) is 0 Å². The molecular formula is C11H14N2O5S. The lowest BCUT2D eigenvalue weighted by Crippen LogP contribution is -2.33. The standard InChI is InChI=1S/C11H14N2O5S/c14-13(15)10-3-1-2-4-11(10)19(16,17)18-9-5-7-12-8-6-9/h1-4,9,12H,5-8H2. The second kappa shape index (κ2) is 5.64. The predicted molar refractivity (Wildman–Crippen MR) is 67.3 cm³/mol. The largest absolute Gasteiger partial charge is 0.317 e. The van der Waals surface area contributed by atoms with E-state index in [4.69, 9.17) is 4.18 Å². The molecule has 0 aliphatic carbocycles. The van der Waals surface area contributed by atoms with E-state index in [2.05, 4.69) is 5.32 Å². The van der Waals surface area contributed by atoms with Crippen LogP contribution in [0.2, 0.25) is 0 Å². The zero-order chi connectivity index (χ0) is 13.9. The van der Waals surface area contributed by atoms with Gasteiger partial charge in [0, 0.05) is 6.07 Å². The van der Waals surface area contributed by atoms with E-state index in [0.29, 0.717) is 25.9 Å². The van der Waals surface area contributed by atoms with Crippen molar-refractivity contribution in [2.24, 2.45) is 0 Å².